The summed E-state index contributed by atoms with van der Waals surface area (Å²) in [7, 11) is 2.06. The van der Waals surface area contributed by atoms with Crippen molar-refractivity contribution in [2.24, 2.45) is 0 Å². The Balaban J connectivity index is 1.76. The van der Waals surface area contributed by atoms with Gasteiger partial charge in [0.2, 0.25) is 0 Å². The van der Waals surface area contributed by atoms with Gasteiger partial charge in [-0.15, -0.1) is 0 Å². The third-order valence-electron chi connectivity index (χ3n) is 4.16. The molecule has 0 aliphatic rings. The summed E-state index contributed by atoms with van der Waals surface area (Å²) in [6, 6.07) is 7.89. The molecule has 0 aliphatic carbocycles. The Labute approximate surface area is 161 Å². The lowest BCUT2D eigenvalue weighted by Crippen LogP contribution is -2.23. The number of hydrogen-bond acceptors (Lipinski definition) is 5. The predicted molar refractivity (Wildman–Crippen MR) is 105 cm³/mol. The number of aromatic nitrogens is 4. The van der Waals surface area contributed by atoms with Crippen molar-refractivity contribution in [3.05, 3.63) is 61.3 Å². The molecule has 0 bridgehead atoms. The SMILES string of the molecule is Cc1nn(Cc2ccccc2Cl)c(C)c1CN(C)Cn1ncsc1=S. The highest BCUT2D eigenvalue weighted by Gasteiger charge is 2.15. The fraction of sp³-hybridized carbons (Fsp3) is 0.353. The lowest BCUT2D eigenvalue weighted by molar-refractivity contribution is 0.244. The predicted octanol–water partition coefficient (Wildman–Crippen LogP) is 4.28. The monoisotopic (exact) mass is 393 g/mol. The highest BCUT2D eigenvalue weighted by atomic mass is 35.5. The van der Waals surface area contributed by atoms with E-state index in [1.54, 1.807) is 5.51 Å². The molecule has 25 heavy (non-hydrogen) atoms. The second-order valence-corrected chi connectivity index (χ2v) is 7.94. The third kappa shape index (κ3) is 4.17. The average molecular weight is 394 g/mol. The molecule has 8 heteroatoms. The highest BCUT2D eigenvalue weighted by Crippen LogP contribution is 2.20. The van der Waals surface area contributed by atoms with E-state index >= 15 is 0 Å². The molecule has 0 radical (unpaired) electrons. The molecule has 1 aromatic carbocycles. The Bertz CT molecular complexity index is 927. The van der Waals surface area contributed by atoms with Crippen LogP contribution in [0.4, 0.5) is 0 Å². The molecule has 0 spiro atoms. The Morgan fingerprint density at radius 3 is 2.68 bits per heavy atom. The zero-order valence-corrected chi connectivity index (χ0v) is 16.8. The van der Waals surface area contributed by atoms with Crippen LogP contribution in [-0.4, -0.2) is 31.5 Å². The fourth-order valence-corrected chi connectivity index (χ4v) is 3.69. The number of hydrogen-bond donors (Lipinski definition) is 0. The molecule has 132 valence electrons. The first-order valence-electron chi connectivity index (χ1n) is 7.91. The number of nitrogens with zero attached hydrogens (tertiary/aromatic N) is 5. The van der Waals surface area contributed by atoms with Crippen molar-refractivity contribution in [1.29, 1.82) is 0 Å². The summed E-state index contributed by atoms with van der Waals surface area (Å²) in [6.45, 7) is 6.28. The molecule has 0 aliphatic heterocycles. The van der Waals surface area contributed by atoms with Crippen molar-refractivity contribution < 1.29 is 0 Å². The molecular weight excluding hydrogens is 374 g/mol. The van der Waals surface area contributed by atoms with Gasteiger partial charge >= 0.3 is 0 Å². The van der Waals surface area contributed by atoms with E-state index in [0.717, 1.165) is 32.5 Å². The summed E-state index contributed by atoms with van der Waals surface area (Å²) in [4.78, 5) is 2.19. The zero-order chi connectivity index (χ0) is 18.0. The summed E-state index contributed by atoms with van der Waals surface area (Å²) < 4.78 is 4.64. The Morgan fingerprint density at radius 1 is 1.24 bits per heavy atom. The first-order chi connectivity index (χ1) is 12.0. The van der Waals surface area contributed by atoms with E-state index in [4.69, 9.17) is 28.9 Å². The van der Waals surface area contributed by atoms with Crippen molar-refractivity contribution in [2.75, 3.05) is 7.05 Å². The maximum absolute atomic E-state index is 6.28. The molecule has 0 amide bonds. The minimum absolute atomic E-state index is 0.664. The van der Waals surface area contributed by atoms with Gasteiger partial charge in [-0.1, -0.05) is 41.1 Å². The van der Waals surface area contributed by atoms with Gasteiger partial charge < -0.3 is 0 Å². The van der Waals surface area contributed by atoms with Crippen LogP contribution < -0.4 is 0 Å². The summed E-state index contributed by atoms with van der Waals surface area (Å²) in [5.41, 5.74) is 6.28. The lowest BCUT2D eigenvalue weighted by atomic mass is 10.2. The minimum atomic E-state index is 0.664. The number of rotatable bonds is 6. The molecule has 0 saturated carbocycles. The molecule has 0 N–H and O–H groups in total. The smallest absolute Gasteiger partial charge is 0.180 e. The van der Waals surface area contributed by atoms with Gasteiger partial charge in [0.05, 0.1) is 18.9 Å². The van der Waals surface area contributed by atoms with Crippen molar-refractivity contribution in [2.45, 2.75) is 33.6 Å². The van der Waals surface area contributed by atoms with Crippen LogP contribution in [0, 0.1) is 17.8 Å². The van der Waals surface area contributed by atoms with Crippen LogP contribution in [0.25, 0.3) is 0 Å². The maximum Gasteiger partial charge on any atom is 0.180 e. The van der Waals surface area contributed by atoms with Crippen LogP contribution in [0.2, 0.25) is 5.02 Å². The van der Waals surface area contributed by atoms with Crippen molar-refractivity contribution >= 4 is 35.2 Å². The average Bonchev–Trinajstić information content (AvgIpc) is 3.08. The normalized spacial score (nSPS) is 11.4. The second kappa shape index (κ2) is 7.78. The van der Waals surface area contributed by atoms with Crippen molar-refractivity contribution in [3.8, 4) is 0 Å². The first-order valence-corrected chi connectivity index (χ1v) is 9.57. The van der Waals surface area contributed by atoms with Gasteiger partial charge in [0.25, 0.3) is 0 Å². The zero-order valence-electron chi connectivity index (χ0n) is 14.4. The van der Waals surface area contributed by atoms with E-state index in [1.165, 1.54) is 16.9 Å². The van der Waals surface area contributed by atoms with E-state index in [1.807, 2.05) is 40.6 Å². The first kappa shape index (κ1) is 18.3. The lowest BCUT2D eigenvalue weighted by Gasteiger charge is -2.17. The summed E-state index contributed by atoms with van der Waals surface area (Å²) >= 11 is 13.0. The quantitative estimate of drug-likeness (QED) is 0.586. The van der Waals surface area contributed by atoms with Gasteiger partial charge in [-0.3, -0.25) is 9.58 Å². The molecule has 0 atom stereocenters. The van der Waals surface area contributed by atoms with Crippen LogP contribution in [0.1, 0.15) is 22.5 Å². The van der Waals surface area contributed by atoms with E-state index in [-0.39, 0.29) is 0 Å². The number of aryl methyl sites for hydroxylation is 1. The van der Waals surface area contributed by atoms with E-state index in [2.05, 4.69) is 24.0 Å². The Hall–Kier alpha value is -1.54. The Morgan fingerprint density at radius 2 is 2.00 bits per heavy atom. The molecule has 0 unspecified atom stereocenters. The van der Waals surface area contributed by atoms with Crippen molar-refractivity contribution in [3.63, 3.8) is 0 Å². The van der Waals surface area contributed by atoms with E-state index in [9.17, 15) is 0 Å². The Kier molecular flexibility index (Phi) is 5.68. The summed E-state index contributed by atoms with van der Waals surface area (Å²) in [5.74, 6) is 0. The van der Waals surface area contributed by atoms with E-state index < -0.39 is 0 Å². The summed E-state index contributed by atoms with van der Waals surface area (Å²) in [6.07, 6.45) is 0. The van der Waals surface area contributed by atoms with Gasteiger partial charge in [0.15, 0.2) is 3.95 Å². The van der Waals surface area contributed by atoms with E-state index in [0.29, 0.717) is 13.2 Å². The molecule has 3 aromatic rings. The highest BCUT2D eigenvalue weighted by molar-refractivity contribution is 7.73. The van der Waals surface area contributed by atoms with Crippen LogP contribution in [0.3, 0.4) is 0 Å². The van der Waals surface area contributed by atoms with Gasteiger partial charge in [-0.25, -0.2) is 4.68 Å². The van der Waals surface area contributed by atoms with Gasteiger partial charge in [-0.05, 0) is 44.7 Å². The summed E-state index contributed by atoms with van der Waals surface area (Å²) in [5, 5.41) is 9.74. The van der Waals surface area contributed by atoms with Crippen LogP contribution in [0.5, 0.6) is 0 Å². The van der Waals surface area contributed by atoms with Crippen LogP contribution in [0.15, 0.2) is 29.8 Å². The van der Waals surface area contributed by atoms with Crippen molar-refractivity contribution in [1.82, 2.24) is 24.5 Å². The van der Waals surface area contributed by atoms with Crippen LogP contribution in [-0.2, 0) is 19.8 Å². The molecular formula is C17H20ClN5S2. The molecule has 3 rings (SSSR count). The van der Waals surface area contributed by atoms with Gasteiger partial charge in [0.1, 0.15) is 5.51 Å². The molecule has 0 fully saturated rings. The standard InChI is InChI=1S/C17H20ClN5S2/c1-12-15(9-21(3)11-23-17(24)25-10-19-23)13(2)22(20-12)8-14-6-4-5-7-16(14)18/h4-7,10H,8-9,11H2,1-3H3. The van der Waals surface area contributed by atoms with Gasteiger partial charge in [-0.2, -0.15) is 10.2 Å². The third-order valence-corrected chi connectivity index (χ3v) is 5.64. The molecule has 2 aromatic heterocycles. The second-order valence-electron chi connectivity index (χ2n) is 6.06. The number of halogens is 1. The molecule has 0 saturated heterocycles. The molecule has 5 nitrogen and oxygen atoms in total. The van der Waals surface area contributed by atoms with Crippen LogP contribution >= 0.6 is 35.2 Å². The maximum atomic E-state index is 6.28. The number of benzene rings is 1. The largest absolute Gasteiger partial charge is 0.283 e. The minimum Gasteiger partial charge on any atom is -0.283 e. The fourth-order valence-electron chi connectivity index (χ4n) is 2.78. The van der Waals surface area contributed by atoms with Gasteiger partial charge in [0, 0.05) is 22.8 Å². The molecule has 2 heterocycles. The topological polar surface area (TPSA) is 38.9 Å².